The number of likely N-dealkylation sites (N-methyl/N-ethyl adjacent to an activating group) is 1. The summed E-state index contributed by atoms with van der Waals surface area (Å²) in [6.07, 6.45) is 0. The maximum atomic E-state index is 13.1. The zero-order valence-electron chi connectivity index (χ0n) is 16.1. The van der Waals surface area contributed by atoms with Crippen molar-refractivity contribution in [2.24, 2.45) is 0 Å². The van der Waals surface area contributed by atoms with E-state index in [9.17, 15) is 14.0 Å². The van der Waals surface area contributed by atoms with Crippen molar-refractivity contribution < 1.29 is 18.7 Å². The molecule has 0 heterocycles. The molecule has 0 fully saturated rings. The number of nitrogens with zero attached hydrogens (tertiary/aromatic N) is 1. The van der Waals surface area contributed by atoms with Crippen molar-refractivity contribution >= 4 is 11.8 Å². The molecule has 5 nitrogen and oxygen atoms in total. The van der Waals surface area contributed by atoms with Crippen LogP contribution in [0.25, 0.3) is 0 Å². The van der Waals surface area contributed by atoms with Gasteiger partial charge in [0.2, 0.25) is 5.91 Å². The second kappa shape index (κ2) is 9.16. The summed E-state index contributed by atoms with van der Waals surface area (Å²) in [6.45, 7) is 5.55. The quantitative estimate of drug-likeness (QED) is 0.813. The summed E-state index contributed by atoms with van der Waals surface area (Å²) in [4.78, 5) is 26.3. The molecule has 2 aromatic carbocycles. The maximum absolute atomic E-state index is 13.1. The van der Waals surface area contributed by atoms with Crippen LogP contribution in [0.5, 0.6) is 5.75 Å². The van der Waals surface area contributed by atoms with E-state index in [4.69, 9.17) is 4.74 Å². The van der Waals surface area contributed by atoms with Gasteiger partial charge in [0.05, 0.1) is 0 Å². The number of halogens is 1. The summed E-state index contributed by atoms with van der Waals surface area (Å²) in [5.74, 6) is -0.319. The van der Waals surface area contributed by atoms with Crippen LogP contribution in [0.3, 0.4) is 0 Å². The average molecular weight is 372 g/mol. The molecule has 0 spiro atoms. The first-order chi connectivity index (χ1) is 12.8. The van der Waals surface area contributed by atoms with Gasteiger partial charge in [-0.1, -0.05) is 24.3 Å². The summed E-state index contributed by atoms with van der Waals surface area (Å²) in [5, 5.41) is 2.55. The zero-order chi connectivity index (χ0) is 20.0. The Balaban J connectivity index is 2.15. The number of benzene rings is 2. The molecule has 0 saturated heterocycles. The van der Waals surface area contributed by atoms with Crippen LogP contribution in [-0.4, -0.2) is 36.4 Å². The van der Waals surface area contributed by atoms with Gasteiger partial charge in [0.15, 0.2) is 6.61 Å². The smallest absolute Gasteiger partial charge is 0.261 e. The Morgan fingerprint density at radius 2 is 1.81 bits per heavy atom. The first kappa shape index (κ1) is 20.4. The number of nitrogens with one attached hydrogen (secondary N) is 1. The lowest BCUT2D eigenvalue weighted by Gasteiger charge is -2.28. The number of rotatable bonds is 7. The predicted octanol–water partition coefficient (Wildman–Crippen LogP) is 2.98. The minimum Gasteiger partial charge on any atom is -0.483 e. The van der Waals surface area contributed by atoms with E-state index in [1.54, 1.807) is 19.1 Å². The zero-order valence-corrected chi connectivity index (χ0v) is 16.1. The van der Waals surface area contributed by atoms with Crippen molar-refractivity contribution in [1.29, 1.82) is 0 Å². The molecule has 0 aliphatic rings. The van der Waals surface area contributed by atoms with E-state index < -0.39 is 6.04 Å². The Hall–Kier alpha value is -2.89. The minimum atomic E-state index is -0.685. The van der Waals surface area contributed by atoms with Gasteiger partial charge in [-0.25, -0.2) is 4.39 Å². The van der Waals surface area contributed by atoms with Crippen LogP contribution < -0.4 is 10.1 Å². The number of hydrogen-bond donors (Lipinski definition) is 1. The molecule has 2 amide bonds. The third-order valence-electron chi connectivity index (χ3n) is 4.59. The second-order valence-corrected chi connectivity index (χ2v) is 6.43. The van der Waals surface area contributed by atoms with Gasteiger partial charge < -0.3 is 15.0 Å². The maximum Gasteiger partial charge on any atom is 0.261 e. The number of amides is 2. The number of hydrogen-bond acceptors (Lipinski definition) is 3. The van der Waals surface area contributed by atoms with Gasteiger partial charge >= 0.3 is 0 Å². The van der Waals surface area contributed by atoms with E-state index in [1.807, 2.05) is 32.0 Å². The third-order valence-corrected chi connectivity index (χ3v) is 4.59. The van der Waals surface area contributed by atoms with Crippen molar-refractivity contribution in [1.82, 2.24) is 10.2 Å². The van der Waals surface area contributed by atoms with Gasteiger partial charge in [-0.05, 0) is 55.7 Å². The molecule has 27 heavy (non-hydrogen) atoms. The molecule has 2 rings (SSSR count). The number of carbonyl (C=O) groups excluding carboxylic acids is 2. The summed E-state index contributed by atoms with van der Waals surface area (Å²) >= 11 is 0. The SMILES string of the molecule is CNC(=O)[C@@H](C)N(Cc1ccc(F)cc1)C(=O)COc1cccc(C)c1C. The average Bonchev–Trinajstić information content (AvgIpc) is 2.67. The van der Waals surface area contributed by atoms with Crippen molar-refractivity contribution in [2.45, 2.75) is 33.4 Å². The molecule has 1 N–H and O–H groups in total. The van der Waals surface area contributed by atoms with Crippen LogP contribution in [0.2, 0.25) is 0 Å². The number of carbonyl (C=O) groups is 2. The van der Waals surface area contributed by atoms with Crippen molar-refractivity contribution in [3.8, 4) is 5.75 Å². The lowest BCUT2D eigenvalue weighted by Crippen LogP contribution is -2.48. The highest BCUT2D eigenvalue weighted by atomic mass is 19.1. The molecule has 144 valence electrons. The largest absolute Gasteiger partial charge is 0.483 e. The van der Waals surface area contributed by atoms with Crippen LogP contribution in [0.15, 0.2) is 42.5 Å². The molecular formula is C21H25FN2O3. The minimum absolute atomic E-state index is 0.184. The first-order valence-corrected chi connectivity index (χ1v) is 8.78. The van der Waals surface area contributed by atoms with Gasteiger partial charge in [0, 0.05) is 13.6 Å². The predicted molar refractivity (Wildman–Crippen MR) is 102 cm³/mol. The van der Waals surface area contributed by atoms with Gasteiger partial charge in [0.25, 0.3) is 5.91 Å². The van der Waals surface area contributed by atoms with E-state index in [-0.39, 0.29) is 30.8 Å². The van der Waals surface area contributed by atoms with Crippen LogP contribution >= 0.6 is 0 Å². The van der Waals surface area contributed by atoms with Gasteiger partial charge in [0.1, 0.15) is 17.6 Å². The van der Waals surface area contributed by atoms with E-state index in [1.165, 1.54) is 24.1 Å². The Morgan fingerprint density at radius 3 is 2.44 bits per heavy atom. The lowest BCUT2D eigenvalue weighted by atomic mass is 10.1. The van der Waals surface area contributed by atoms with E-state index in [2.05, 4.69) is 5.32 Å². The normalized spacial score (nSPS) is 11.6. The fourth-order valence-electron chi connectivity index (χ4n) is 2.68. The topological polar surface area (TPSA) is 58.6 Å². The van der Waals surface area contributed by atoms with E-state index >= 15 is 0 Å². The summed E-state index contributed by atoms with van der Waals surface area (Å²) in [5.41, 5.74) is 2.77. The Bertz CT molecular complexity index is 806. The first-order valence-electron chi connectivity index (χ1n) is 8.78. The molecule has 0 radical (unpaired) electrons. The molecule has 0 saturated carbocycles. The summed E-state index contributed by atoms with van der Waals surface area (Å²) in [6, 6.07) is 10.8. The highest BCUT2D eigenvalue weighted by Gasteiger charge is 2.26. The van der Waals surface area contributed by atoms with Gasteiger partial charge in [-0.15, -0.1) is 0 Å². The molecule has 2 aromatic rings. The second-order valence-electron chi connectivity index (χ2n) is 6.43. The summed E-state index contributed by atoms with van der Waals surface area (Å²) < 4.78 is 18.8. The number of aryl methyl sites for hydroxylation is 1. The van der Waals surface area contributed by atoms with Crippen molar-refractivity contribution in [3.05, 3.63) is 65.0 Å². The highest BCUT2D eigenvalue weighted by molar-refractivity contribution is 5.87. The van der Waals surface area contributed by atoms with Crippen LogP contribution in [0, 0.1) is 19.7 Å². The highest BCUT2D eigenvalue weighted by Crippen LogP contribution is 2.21. The van der Waals surface area contributed by atoms with Crippen LogP contribution in [-0.2, 0) is 16.1 Å². The standard InChI is InChI=1S/C21H25FN2O3/c1-14-6-5-7-19(15(14)2)27-13-20(25)24(16(3)21(26)23-4)12-17-8-10-18(22)11-9-17/h5-11,16H,12-13H2,1-4H3,(H,23,26)/t16-/m1/s1. The molecule has 0 bridgehead atoms. The molecule has 0 aliphatic heterocycles. The fourth-order valence-corrected chi connectivity index (χ4v) is 2.68. The van der Waals surface area contributed by atoms with Crippen LogP contribution in [0.4, 0.5) is 4.39 Å². The fraction of sp³-hybridized carbons (Fsp3) is 0.333. The molecular weight excluding hydrogens is 347 g/mol. The lowest BCUT2D eigenvalue weighted by molar-refractivity contribution is -0.142. The Kier molecular flexibility index (Phi) is 6.93. The van der Waals surface area contributed by atoms with Gasteiger partial charge in [-0.3, -0.25) is 9.59 Å². The molecule has 0 unspecified atom stereocenters. The van der Waals surface area contributed by atoms with E-state index in [0.29, 0.717) is 5.75 Å². The molecule has 0 aliphatic carbocycles. The monoisotopic (exact) mass is 372 g/mol. The molecule has 0 aromatic heterocycles. The molecule has 6 heteroatoms. The molecule has 1 atom stereocenters. The Labute approximate surface area is 159 Å². The van der Waals surface area contributed by atoms with Crippen molar-refractivity contribution in [3.63, 3.8) is 0 Å². The third kappa shape index (κ3) is 5.29. The van der Waals surface area contributed by atoms with Crippen molar-refractivity contribution in [2.75, 3.05) is 13.7 Å². The number of ether oxygens (including phenoxy) is 1. The Morgan fingerprint density at radius 1 is 1.15 bits per heavy atom. The van der Waals surface area contributed by atoms with Gasteiger partial charge in [-0.2, -0.15) is 0 Å². The van der Waals surface area contributed by atoms with E-state index in [0.717, 1.165) is 16.7 Å². The van der Waals surface area contributed by atoms with Crippen LogP contribution in [0.1, 0.15) is 23.6 Å². The summed E-state index contributed by atoms with van der Waals surface area (Å²) in [7, 11) is 1.52.